The van der Waals surface area contributed by atoms with Gasteiger partial charge in [-0.05, 0) is 43.5 Å². The third-order valence-corrected chi connectivity index (χ3v) is 4.22. The molecule has 4 heterocycles. The lowest BCUT2D eigenvalue weighted by molar-refractivity contribution is 0.120. The fraction of sp³-hybridized carbons (Fsp3) is 0.333. The maximum atomic E-state index is 5.73. The van der Waals surface area contributed by atoms with E-state index in [1.807, 2.05) is 24.4 Å². The molecule has 5 nitrogen and oxygen atoms in total. The summed E-state index contributed by atoms with van der Waals surface area (Å²) in [5.41, 5.74) is 4.09. The number of hydrogen-bond acceptors (Lipinski definition) is 4. The third-order valence-electron chi connectivity index (χ3n) is 4.22. The Balaban J connectivity index is 1.76. The van der Waals surface area contributed by atoms with Crippen LogP contribution in [0.1, 0.15) is 18.4 Å². The van der Waals surface area contributed by atoms with Crippen LogP contribution < -0.4 is 5.32 Å². The van der Waals surface area contributed by atoms with Crippen molar-refractivity contribution in [2.75, 3.05) is 18.5 Å². The smallest absolute Gasteiger partial charge is 0.139 e. The summed E-state index contributed by atoms with van der Waals surface area (Å²) >= 11 is 0. The van der Waals surface area contributed by atoms with Gasteiger partial charge in [-0.2, -0.15) is 0 Å². The number of anilines is 1. The third kappa shape index (κ3) is 2.80. The maximum absolute atomic E-state index is 5.73. The molecule has 3 aromatic rings. The number of aryl methyl sites for hydroxylation is 1. The monoisotopic (exact) mass is 308 g/mol. The van der Waals surface area contributed by atoms with Crippen LogP contribution in [-0.4, -0.2) is 33.6 Å². The topological polar surface area (TPSA) is 51.5 Å². The van der Waals surface area contributed by atoms with Gasteiger partial charge in [-0.1, -0.05) is 6.07 Å². The molecular formula is C18H20N4O. The van der Waals surface area contributed by atoms with Crippen molar-refractivity contribution in [3.63, 3.8) is 0 Å². The van der Waals surface area contributed by atoms with Gasteiger partial charge in [-0.3, -0.25) is 9.38 Å². The van der Waals surface area contributed by atoms with E-state index in [2.05, 4.69) is 33.9 Å². The van der Waals surface area contributed by atoms with Crippen molar-refractivity contribution in [2.45, 2.75) is 25.9 Å². The Labute approximate surface area is 135 Å². The molecule has 0 aromatic carbocycles. The summed E-state index contributed by atoms with van der Waals surface area (Å²) in [5.74, 6) is 1.01. The Bertz CT molecular complexity index is 807. The molecule has 0 saturated carbocycles. The lowest BCUT2D eigenvalue weighted by Crippen LogP contribution is -2.19. The largest absolute Gasteiger partial charge is 0.376 e. The molecule has 1 aliphatic rings. The summed E-state index contributed by atoms with van der Waals surface area (Å²) in [6.07, 6.45) is 8.29. The normalized spacial score (nSPS) is 17.7. The van der Waals surface area contributed by atoms with Gasteiger partial charge in [0, 0.05) is 37.3 Å². The van der Waals surface area contributed by atoms with Gasteiger partial charge in [0.05, 0.1) is 6.10 Å². The van der Waals surface area contributed by atoms with E-state index in [1.165, 1.54) is 5.56 Å². The zero-order valence-corrected chi connectivity index (χ0v) is 13.2. The molecule has 0 spiro atoms. The first-order valence-electron chi connectivity index (χ1n) is 8.06. The molecule has 1 saturated heterocycles. The van der Waals surface area contributed by atoms with E-state index in [-0.39, 0.29) is 6.10 Å². The summed E-state index contributed by atoms with van der Waals surface area (Å²) in [6, 6.07) is 8.11. The standard InChI is InChI=1S/C18H20N4O/c1-13-6-7-16-21-17(14-4-2-8-19-10-14)18(22(16)12-13)20-11-15-5-3-9-23-15/h2,4,6-8,10,12,15,20H,3,5,9,11H2,1H3. The van der Waals surface area contributed by atoms with Crippen molar-refractivity contribution in [1.82, 2.24) is 14.4 Å². The molecule has 3 aromatic heterocycles. The minimum atomic E-state index is 0.284. The predicted molar refractivity (Wildman–Crippen MR) is 90.6 cm³/mol. The van der Waals surface area contributed by atoms with E-state index in [1.54, 1.807) is 6.20 Å². The van der Waals surface area contributed by atoms with Gasteiger partial charge in [0.1, 0.15) is 17.2 Å². The Kier molecular flexibility index (Phi) is 3.71. The predicted octanol–water partition coefficient (Wildman–Crippen LogP) is 3.30. The van der Waals surface area contributed by atoms with Crippen molar-refractivity contribution >= 4 is 11.5 Å². The van der Waals surface area contributed by atoms with E-state index in [0.29, 0.717) is 0 Å². The first-order chi connectivity index (χ1) is 11.3. The molecule has 1 fully saturated rings. The molecule has 0 bridgehead atoms. The van der Waals surface area contributed by atoms with E-state index in [9.17, 15) is 0 Å². The highest BCUT2D eigenvalue weighted by molar-refractivity contribution is 5.76. The van der Waals surface area contributed by atoms with Gasteiger partial charge in [-0.25, -0.2) is 4.98 Å². The van der Waals surface area contributed by atoms with Gasteiger partial charge in [0.2, 0.25) is 0 Å². The Morgan fingerprint density at radius 3 is 3.09 bits per heavy atom. The van der Waals surface area contributed by atoms with Crippen LogP contribution in [0.4, 0.5) is 5.82 Å². The van der Waals surface area contributed by atoms with Gasteiger partial charge < -0.3 is 10.1 Å². The lowest BCUT2D eigenvalue weighted by Gasteiger charge is -2.13. The van der Waals surface area contributed by atoms with Crippen molar-refractivity contribution in [2.24, 2.45) is 0 Å². The zero-order valence-electron chi connectivity index (χ0n) is 13.2. The second kappa shape index (κ2) is 6.01. The zero-order chi connectivity index (χ0) is 15.6. The molecular weight excluding hydrogens is 288 g/mol. The average Bonchev–Trinajstić information content (AvgIpc) is 3.21. The quantitative estimate of drug-likeness (QED) is 0.803. The maximum Gasteiger partial charge on any atom is 0.139 e. The van der Waals surface area contributed by atoms with Gasteiger partial charge >= 0.3 is 0 Å². The Morgan fingerprint density at radius 2 is 2.30 bits per heavy atom. The molecule has 5 heteroatoms. The van der Waals surface area contributed by atoms with Crippen LogP contribution in [0, 0.1) is 6.92 Å². The molecule has 1 atom stereocenters. The van der Waals surface area contributed by atoms with Gasteiger partial charge in [-0.15, -0.1) is 0 Å². The van der Waals surface area contributed by atoms with Crippen molar-refractivity contribution in [1.29, 1.82) is 0 Å². The Hall–Kier alpha value is -2.40. The van der Waals surface area contributed by atoms with E-state index in [4.69, 9.17) is 9.72 Å². The van der Waals surface area contributed by atoms with Crippen LogP contribution in [0.25, 0.3) is 16.9 Å². The summed E-state index contributed by atoms with van der Waals surface area (Å²) in [6.45, 7) is 3.76. The average molecular weight is 308 g/mol. The van der Waals surface area contributed by atoms with Crippen LogP contribution in [0.3, 0.4) is 0 Å². The molecule has 118 valence electrons. The molecule has 1 aliphatic heterocycles. The minimum absolute atomic E-state index is 0.284. The number of pyridine rings is 2. The van der Waals surface area contributed by atoms with Crippen molar-refractivity contribution in [3.05, 3.63) is 48.4 Å². The molecule has 1 N–H and O–H groups in total. The minimum Gasteiger partial charge on any atom is -0.376 e. The highest BCUT2D eigenvalue weighted by atomic mass is 16.5. The summed E-state index contributed by atoms with van der Waals surface area (Å²) < 4.78 is 7.85. The van der Waals surface area contributed by atoms with Crippen molar-refractivity contribution < 1.29 is 4.74 Å². The number of nitrogens with one attached hydrogen (secondary N) is 1. The number of fused-ring (bicyclic) bond motifs is 1. The summed E-state index contributed by atoms with van der Waals surface area (Å²) in [7, 11) is 0. The van der Waals surface area contributed by atoms with Crippen molar-refractivity contribution in [3.8, 4) is 11.3 Å². The van der Waals surface area contributed by atoms with Crippen LogP contribution in [0.5, 0.6) is 0 Å². The molecule has 0 radical (unpaired) electrons. The number of rotatable bonds is 4. The number of aromatic nitrogens is 3. The molecule has 0 amide bonds. The number of ether oxygens (including phenoxy) is 1. The number of nitrogens with zero attached hydrogens (tertiary/aromatic N) is 3. The van der Waals surface area contributed by atoms with Crippen LogP contribution in [0.15, 0.2) is 42.9 Å². The highest BCUT2D eigenvalue weighted by Crippen LogP contribution is 2.29. The summed E-state index contributed by atoms with van der Waals surface area (Å²) in [4.78, 5) is 9.01. The molecule has 1 unspecified atom stereocenters. The fourth-order valence-corrected chi connectivity index (χ4v) is 3.04. The van der Waals surface area contributed by atoms with E-state index in [0.717, 1.165) is 48.7 Å². The first kappa shape index (κ1) is 14.2. The Morgan fingerprint density at radius 1 is 1.35 bits per heavy atom. The van der Waals surface area contributed by atoms with Crippen LogP contribution in [-0.2, 0) is 4.74 Å². The molecule has 4 rings (SSSR count). The van der Waals surface area contributed by atoms with E-state index >= 15 is 0 Å². The van der Waals surface area contributed by atoms with Gasteiger partial charge in [0.15, 0.2) is 0 Å². The van der Waals surface area contributed by atoms with Gasteiger partial charge in [0.25, 0.3) is 0 Å². The second-order valence-electron chi connectivity index (χ2n) is 6.00. The fourth-order valence-electron chi connectivity index (χ4n) is 3.04. The molecule has 23 heavy (non-hydrogen) atoms. The lowest BCUT2D eigenvalue weighted by atomic mass is 10.2. The van der Waals surface area contributed by atoms with E-state index < -0.39 is 0 Å². The number of hydrogen-bond donors (Lipinski definition) is 1. The van der Waals surface area contributed by atoms with Crippen LogP contribution in [0.2, 0.25) is 0 Å². The SMILES string of the molecule is Cc1ccc2nc(-c3cccnc3)c(NCC3CCCO3)n2c1. The summed E-state index contributed by atoms with van der Waals surface area (Å²) in [5, 5.41) is 3.55. The second-order valence-corrected chi connectivity index (χ2v) is 6.00. The van der Waals surface area contributed by atoms with Crippen LogP contribution >= 0.6 is 0 Å². The molecule has 0 aliphatic carbocycles. The first-order valence-corrected chi connectivity index (χ1v) is 8.06. The number of imidazole rings is 1. The highest BCUT2D eigenvalue weighted by Gasteiger charge is 2.18.